The van der Waals surface area contributed by atoms with E-state index in [0.717, 1.165) is 27.2 Å². The Morgan fingerprint density at radius 2 is 1.79 bits per heavy atom. The van der Waals surface area contributed by atoms with E-state index in [1.165, 1.54) is 0 Å². The number of nitrogens with zero attached hydrogens (tertiary/aromatic N) is 4. The average molecular weight is 469 g/mol. The molecule has 34 heavy (non-hydrogen) atoms. The van der Waals surface area contributed by atoms with E-state index in [4.69, 9.17) is 0 Å². The van der Waals surface area contributed by atoms with Crippen molar-refractivity contribution in [2.45, 2.75) is 6.92 Å². The highest BCUT2D eigenvalue weighted by Gasteiger charge is 2.18. The van der Waals surface area contributed by atoms with Crippen LogP contribution < -0.4 is 10.6 Å². The van der Waals surface area contributed by atoms with Gasteiger partial charge in [-0.15, -0.1) is 11.3 Å². The van der Waals surface area contributed by atoms with Crippen LogP contribution in [0.4, 0.5) is 5.69 Å². The molecule has 0 spiro atoms. The van der Waals surface area contributed by atoms with Crippen LogP contribution in [0.15, 0.2) is 72.2 Å². The molecule has 2 aromatic carbocycles. The van der Waals surface area contributed by atoms with Gasteiger partial charge in [0.05, 0.1) is 21.4 Å². The third kappa shape index (κ3) is 4.16. The molecule has 0 aliphatic rings. The molecule has 5 aromatic rings. The number of fused-ring (bicyclic) bond motifs is 1. The van der Waals surface area contributed by atoms with Crippen molar-refractivity contribution in [2.24, 2.45) is 0 Å². The largest absolute Gasteiger partial charge is 0.355 e. The molecule has 0 aliphatic heterocycles. The highest BCUT2D eigenvalue weighted by atomic mass is 32.1. The number of anilines is 1. The summed E-state index contributed by atoms with van der Waals surface area (Å²) in [6, 6.07) is 20.0. The first-order chi connectivity index (χ1) is 16.5. The summed E-state index contributed by atoms with van der Waals surface area (Å²) < 4.78 is 2.73. The number of carbonyl (C=O) groups is 2. The van der Waals surface area contributed by atoms with Crippen molar-refractivity contribution in [1.29, 1.82) is 0 Å². The molecule has 0 fully saturated rings. The fourth-order valence-electron chi connectivity index (χ4n) is 3.58. The molecule has 8 nitrogen and oxygen atoms in total. The van der Waals surface area contributed by atoms with Crippen LogP contribution >= 0.6 is 11.3 Å². The lowest BCUT2D eigenvalue weighted by Crippen LogP contribution is -2.18. The summed E-state index contributed by atoms with van der Waals surface area (Å²) in [7, 11) is 1.57. The normalized spacial score (nSPS) is 10.9. The maximum absolute atomic E-state index is 13.1. The summed E-state index contributed by atoms with van der Waals surface area (Å²) >= 11 is 1.56. The van der Waals surface area contributed by atoms with Crippen LogP contribution in [-0.4, -0.2) is 38.6 Å². The third-order valence-electron chi connectivity index (χ3n) is 5.29. The summed E-state index contributed by atoms with van der Waals surface area (Å²) in [5.74, 6) is 0.0671. The molecule has 168 valence electrons. The van der Waals surface area contributed by atoms with Crippen molar-refractivity contribution in [2.75, 3.05) is 12.4 Å². The zero-order chi connectivity index (χ0) is 23.7. The predicted octanol–water partition coefficient (Wildman–Crippen LogP) is 4.46. The average Bonchev–Trinajstić information content (AvgIpc) is 3.51. The van der Waals surface area contributed by atoms with E-state index in [2.05, 4.69) is 25.7 Å². The third-order valence-corrected chi connectivity index (χ3v) is 6.08. The first-order valence-corrected chi connectivity index (χ1v) is 11.4. The van der Waals surface area contributed by atoms with Crippen LogP contribution in [0.2, 0.25) is 0 Å². The van der Waals surface area contributed by atoms with Crippen molar-refractivity contribution in [3.8, 4) is 17.1 Å². The monoisotopic (exact) mass is 468 g/mol. The van der Waals surface area contributed by atoms with E-state index in [1.807, 2.05) is 48.8 Å². The number of amides is 2. The number of rotatable bonds is 5. The molecule has 3 aromatic heterocycles. The lowest BCUT2D eigenvalue weighted by Gasteiger charge is -2.07. The van der Waals surface area contributed by atoms with Crippen molar-refractivity contribution >= 4 is 39.1 Å². The zero-order valence-electron chi connectivity index (χ0n) is 18.4. The van der Waals surface area contributed by atoms with Gasteiger partial charge in [-0.05, 0) is 61.5 Å². The fraction of sp³-hybridized carbons (Fsp3) is 0.0800. The number of carbonyl (C=O) groups excluding carboxylic acids is 2. The second-order valence-corrected chi connectivity index (χ2v) is 8.50. The van der Waals surface area contributed by atoms with E-state index in [1.54, 1.807) is 53.4 Å². The number of hydrogen-bond acceptors (Lipinski definition) is 6. The van der Waals surface area contributed by atoms with E-state index < -0.39 is 0 Å². The Balaban J connectivity index is 1.52. The van der Waals surface area contributed by atoms with E-state index in [-0.39, 0.29) is 17.5 Å². The van der Waals surface area contributed by atoms with Crippen LogP contribution in [0.5, 0.6) is 0 Å². The molecule has 5 rings (SSSR count). The van der Waals surface area contributed by atoms with Crippen molar-refractivity contribution in [1.82, 2.24) is 25.1 Å². The van der Waals surface area contributed by atoms with Gasteiger partial charge in [-0.25, -0.2) is 14.6 Å². The van der Waals surface area contributed by atoms with E-state index in [9.17, 15) is 9.59 Å². The predicted molar refractivity (Wildman–Crippen MR) is 132 cm³/mol. The number of thiazole rings is 1. The molecule has 2 N–H and O–H groups in total. The van der Waals surface area contributed by atoms with Crippen LogP contribution in [0.3, 0.4) is 0 Å². The van der Waals surface area contributed by atoms with E-state index in [0.29, 0.717) is 17.1 Å². The summed E-state index contributed by atoms with van der Waals surface area (Å²) in [5.41, 5.74) is 6.55. The SMILES string of the molecule is CNC(=O)c1ccc(NC(=O)c2cc(-c3ccc4ncsc4c3)n(-c3cccc(C)n3)n2)cc1. The van der Waals surface area contributed by atoms with Gasteiger partial charge in [0.1, 0.15) is 0 Å². The summed E-state index contributed by atoms with van der Waals surface area (Å²) in [6.45, 7) is 1.91. The molecule has 0 aliphatic carbocycles. The molecular formula is C25H20N6O2S. The van der Waals surface area contributed by atoms with Gasteiger partial charge in [0.2, 0.25) is 0 Å². The molecule has 0 bridgehead atoms. The maximum atomic E-state index is 13.1. The van der Waals surface area contributed by atoms with Gasteiger partial charge in [0.15, 0.2) is 11.5 Å². The van der Waals surface area contributed by atoms with Gasteiger partial charge in [-0.1, -0.05) is 12.1 Å². The van der Waals surface area contributed by atoms with Crippen molar-refractivity contribution < 1.29 is 9.59 Å². The topological polar surface area (TPSA) is 102 Å². The van der Waals surface area contributed by atoms with Crippen molar-refractivity contribution in [3.05, 3.63) is 89.2 Å². The molecule has 2 amide bonds. The van der Waals surface area contributed by atoms with Gasteiger partial charge in [0, 0.05) is 29.6 Å². The molecule has 9 heteroatoms. The van der Waals surface area contributed by atoms with Gasteiger partial charge in [-0.2, -0.15) is 5.10 Å². The molecule has 0 radical (unpaired) electrons. The Morgan fingerprint density at radius 1 is 0.971 bits per heavy atom. The van der Waals surface area contributed by atoms with Gasteiger partial charge < -0.3 is 10.6 Å². The summed E-state index contributed by atoms with van der Waals surface area (Å²) in [5, 5.41) is 10.0. The number of nitrogens with one attached hydrogen (secondary N) is 2. The van der Waals surface area contributed by atoms with Gasteiger partial charge >= 0.3 is 0 Å². The van der Waals surface area contributed by atoms with Crippen LogP contribution in [0, 0.1) is 6.92 Å². The number of aryl methyl sites for hydroxylation is 1. The highest BCUT2D eigenvalue weighted by Crippen LogP contribution is 2.28. The van der Waals surface area contributed by atoms with Gasteiger partial charge in [0.25, 0.3) is 11.8 Å². The molecular weight excluding hydrogens is 448 g/mol. The number of aromatic nitrogens is 4. The Morgan fingerprint density at radius 3 is 2.56 bits per heavy atom. The first kappa shape index (κ1) is 21.5. The lowest BCUT2D eigenvalue weighted by molar-refractivity contribution is 0.0962. The minimum absolute atomic E-state index is 0.190. The summed E-state index contributed by atoms with van der Waals surface area (Å²) in [4.78, 5) is 33.7. The Labute approximate surface area is 199 Å². The second-order valence-electron chi connectivity index (χ2n) is 7.61. The van der Waals surface area contributed by atoms with Crippen LogP contribution in [-0.2, 0) is 0 Å². The molecule has 0 saturated carbocycles. The smallest absolute Gasteiger partial charge is 0.276 e. The molecule has 0 atom stereocenters. The van der Waals surface area contributed by atoms with Crippen molar-refractivity contribution in [3.63, 3.8) is 0 Å². The highest BCUT2D eigenvalue weighted by molar-refractivity contribution is 7.16. The molecule has 0 unspecified atom stereocenters. The Hall–Kier alpha value is -4.37. The maximum Gasteiger partial charge on any atom is 0.276 e. The molecule has 3 heterocycles. The standard InChI is InChI=1S/C25H20N6O2S/c1-15-4-3-5-23(28-15)31-21(17-8-11-19-22(12-17)34-14-27-19)13-20(30-31)25(33)29-18-9-6-16(7-10-18)24(32)26-2/h3-14H,1-2H3,(H,26,32)(H,29,33). The van der Waals surface area contributed by atoms with E-state index >= 15 is 0 Å². The minimum Gasteiger partial charge on any atom is -0.355 e. The second kappa shape index (κ2) is 8.87. The zero-order valence-corrected chi connectivity index (χ0v) is 19.3. The first-order valence-electron chi connectivity index (χ1n) is 10.5. The number of hydrogen-bond donors (Lipinski definition) is 2. The Kier molecular flexibility index (Phi) is 5.60. The lowest BCUT2D eigenvalue weighted by atomic mass is 10.1. The van der Waals surface area contributed by atoms with Crippen LogP contribution in [0.25, 0.3) is 27.3 Å². The summed E-state index contributed by atoms with van der Waals surface area (Å²) in [6.07, 6.45) is 0. The number of pyridine rings is 1. The quantitative estimate of drug-likeness (QED) is 0.396. The minimum atomic E-state index is -0.362. The fourth-order valence-corrected chi connectivity index (χ4v) is 4.29. The van der Waals surface area contributed by atoms with Gasteiger partial charge in [-0.3, -0.25) is 9.59 Å². The molecule has 0 saturated heterocycles. The number of benzene rings is 2. The van der Waals surface area contributed by atoms with Crippen LogP contribution in [0.1, 0.15) is 26.5 Å². The Bertz CT molecular complexity index is 1520.